The van der Waals surface area contributed by atoms with Crippen LogP contribution in [0.4, 0.5) is 14.6 Å². The van der Waals surface area contributed by atoms with E-state index < -0.39 is 35.0 Å². The molecule has 0 fully saturated rings. The lowest BCUT2D eigenvalue weighted by atomic mass is 10.1. The number of aromatic amines is 1. The molecule has 2 aromatic rings. The molecular formula is C15H17F2N3O2. The zero-order valence-corrected chi connectivity index (χ0v) is 12.5. The van der Waals surface area contributed by atoms with Crippen LogP contribution in [0.2, 0.25) is 0 Å². The molecule has 0 aliphatic carbocycles. The molecule has 0 bridgehead atoms. The Kier molecular flexibility index (Phi) is 4.44. The summed E-state index contributed by atoms with van der Waals surface area (Å²) in [5, 5.41) is 2.69. The predicted molar refractivity (Wildman–Crippen MR) is 80.1 cm³/mol. The summed E-state index contributed by atoms with van der Waals surface area (Å²) in [5.41, 5.74) is -1.13. The number of hydrogen-bond donors (Lipinski definition) is 2. The zero-order valence-electron chi connectivity index (χ0n) is 12.5. The van der Waals surface area contributed by atoms with Gasteiger partial charge in [0.15, 0.2) is 0 Å². The number of nitrogens with zero attached hydrogens (tertiary/aromatic N) is 1. The van der Waals surface area contributed by atoms with Crippen LogP contribution in [0.15, 0.2) is 33.9 Å². The molecule has 5 nitrogen and oxygen atoms in total. The van der Waals surface area contributed by atoms with Gasteiger partial charge in [-0.25, -0.2) is 9.18 Å². The fraction of sp³-hybridized carbons (Fsp3) is 0.333. The summed E-state index contributed by atoms with van der Waals surface area (Å²) in [6, 6.07) is 4.83. The average Bonchev–Trinajstić information content (AvgIpc) is 2.44. The third kappa shape index (κ3) is 3.08. The Morgan fingerprint density at radius 1 is 1.18 bits per heavy atom. The SMILES string of the molecule is CC(C)n1c(=O)[nH]c(N[C@@H](C)c2cccc(F)c2)c(F)c1=O. The van der Waals surface area contributed by atoms with Gasteiger partial charge >= 0.3 is 5.69 Å². The van der Waals surface area contributed by atoms with Crippen molar-refractivity contribution in [1.82, 2.24) is 9.55 Å². The summed E-state index contributed by atoms with van der Waals surface area (Å²) in [6.07, 6.45) is 0. The Balaban J connectivity index is 2.39. The second kappa shape index (κ2) is 6.13. The maximum absolute atomic E-state index is 14.1. The van der Waals surface area contributed by atoms with Crippen LogP contribution >= 0.6 is 0 Å². The third-order valence-corrected chi connectivity index (χ3v) is 3.30. The molecule has 0 radical (unpaired) electrons. The summed E-state index contributed by atoms with van der Waals surface area (Å²) in [5.74, 6) is -1.80. The fourth-order valence-electron chi connectivity index (χ4n) is 2.17. The van der Waals surface area contributed by atoms with Crippen LogP contribution in [0, 0.1) is 11.6 Å². The fourth-order valence-corrected chi connectivity index (χ4v) is 2.17. The van der Waals surface area contributed by atoms with E-state index in [-0.39, 0.29) is 5.82 Å². The summed E-state index contributed by atoms with van der Waals surface area (Å²) in [6.45, 7) is 4.89. The normalized spacial score (nSPS) is 12.5. The number of H-pyrrole nitrogens is 1. The highest BCUT2D eigenvalue weighted by atomic mass is 19.1. The molecule has 2 rings (SSSR count). The van der Waals surface area contributed by atoms with E-state index in [4.69, 9.17) is 0 Å². The quantitative estimate of drug-likeness (QED) is 0.912. The maximum atomic E-state index is 14.1. The number of halogens is 2. The van der Waals surface area contributed by atoms with E-state index in [1.54, 1.807) is 26.8 Å². The molecule has 0 saturated heterocycles. The first kappa shape index (κ1) is 15.9. The van der Waals surface area contributed by atoms with E-state index >= 15 is 0 Å². The number of hydrogen-bond acceptors (Lipinski definition) is 3. The van der Waals surface area contributed by atoms with E-state index in [0.717, 1.165) is 4.57 Å². The number of nitrogens with one attached hydrogen (secondary N) is 2. The highest BCUT2D eigenvalue weighted by molar-refractivity contribution is 5.38. The Morgan fingerprint density at radius 2 is 1.86 bits per heavy atom. The first-order valence-electron chi connectivity index (χ1n) is 6.87. The van der Waals surface area contributed by atoms with Crippen LogP contribution < -0.4 is 16.6 Å². The van der Waals surface area contributed by atoms with Crippen molar-refractivity contribution >= 4 is 5.82 Å². The Labute approximate surface area is 125 Å². The van der Waals surface area contributed by atoms with E-state index in [9.17, 15) is 18.4 Å². The first-order chi connectivity index (χ1) is 10.3. The summed E-state index contributed by atoms with van der Waals surface area (Å²) < 4.78 is 28.1. The number of benzene rings is 1. The van der Waals surface area contributed by atoms with Gasteiger partial charge in [-0.2, -0.15) is 4.39 Å². The van der Waals surface area contributed by atoms with Gasteiger partial charge in [0.25, 0.3) is 5.56 Å². The smallest absolute Gasteiger partial charge is 0.330 e. The lowest BCUT2D eigenvalue weighted by Crippen LogP contribution is -2.39. The first-order valence-corrected chi connectivity index (χ1v) is 6.87. The van der Waals surface area contributed by atoms with Gasteiger partial charge < -0.3 is 5.32 Å². The van der Waals surface area contributed by atoms with Crippen molar-refractivity contribution in [2.24, 2.45) is 0 Å². The van der Waals surface area contributed by atoms with Gasteiger partial charge in [0.2, 0.25) is 5.82 Å². The number of aromatic nitrogens is 2. The number of anilines is 1. The van der Waals surface area contributed by atoms with Gasteiger partial charge in [0.05, 0.1) is 6.04 Å². The van der Waals surface area contributed by atoms with E-state index in [1.807, 2.05) is 0 Å². The summed E-state index contributed by atoms with van der Waals surface area (Å²) >= 11 is 0. The molecule has 0 aliphatic rings. The molecule has 0 unspecified atom stereocenters. The van der Waals surface area contributed by atoms with Gasteiger partial charge in [0.1, 0.15) is 11.6 Å². The molecule has 7 heteroatoms. The van der Waals surface area contributed by atoms with E-state index in [0.29, 0.717) is 5.56 Å². The lowest BCUT2D eigenvalue weighted by Gasteiger charge is -2.17. The minimum absolute atomic E-state index is 0.302. The molecule has 118 valence electrons. The van der Waals surface area contributed by atoms with Gasteiger partial charge in [0, 0.05) is 6.04 Å². The molecule has 1 aromatic carbocycles. The highest BCUT2D eigenvalue weighted by Crippen LogP contribution is 2.18. The molecule has 2 N–H and O–H groups in total. The van der Waals surface area contributed by atoms with E-state index in [1.165, 1.54) is 18.2 Å². The maximum Gasteiger partial charge on any atom is 0.330 e. The molecule has 22 heavy (non-hydrogen) atoms. The van der Waals surface area contributed by atoms with Crippen LogP contribution in [0.5, 0.6) is 0 Å². The van der Waals surface area contributed by atoms with Crippen molar-refractivity contribution in [2.45, 2.75) is 32.9 Å². The second-order valence-electron chi connectivity index (χ2n) is 5.31. The van der Waals surface area contributed by atoms with Crippen LogP contribution in [0.25, 0.3) is 0 Å². The largest absolute Gasteiger partial charge is 0.362 e. The molecule has 1 atom stereocenters. The van der Waals surface area contributed by atoms with E-state index in [2.05, 4.69) is 10.3 Å². The monoisotopic (exact) mass is 309 g/mol. The third-order valence-electron chi connectivity index (χ3n) is 3.30. The second-order valence-corrected chi connectivity index (χ2v) is 5.31. The van der Waals surface area contributed by atoms with Crippen molar-refractivity contribution in [1.29, 1.82) is 0 Å². The van der Waals surface area contributed by atoms with Gasteiger partial charge in [-0.3, -0.25) is 14.3 Å². The topological polar surface area (TPSA) is 66.9 Å². The highest BCUT2D eigenvalue weighted by Gasteiger charge is 2.17. The lowest BCUT2D eigenvalue weighted by molar-refractivity contribution is 0.498. The summed E-state index contributed by atoms with van der Waals surface area (Å²) in [7, 11) is 0. The Morgan fingerprint density at radius 3 is 2.45 bits per heavy atom. The molecule has 0 amide bonds. The molecule has 0 spiro atoms. The molecule has 1 heterocycles. The van der Waals surface area contributed by atoms with Crippen molar-refractivity contribution in [3.05, 3.63) is 62.3 Å². The Hall–Kier alpha value is -2.44. The van der Waals surface area contributed by atoms with Crippen LogP contribution in [-0.4, -0.2) is 9.55 Å². The molecule has 1 aromatic heterocycles. The average molecular weight is 309 g/mol. The minimum Gasteiger partial charge on any atom is -0.362 e. The Bertz CT molecular complexity index is 796. The summed E-state index contributed by atoms with van der Waals surface area (Å²) in [4.78, 5) is 26.1. The van der Waals surface area contributed by atoms with Crippen molar-refractivity contribution < 1.29 is 8.78 Å². The van der Waals surface area contributed by atoms with Crippen LogP contribution in [-0.2, 0) is 0 Å². The molecular weight excluding hydrogens is 292 g/mol. The standard InChI is InChI=1S/C15H17F2N3O2/c1-8(2)20-14(21)12(17)13(19-15(20)22)18-9(3)10-5-4-6-11(16)7-10/h4-9,18H,1-3H3,(H,19,22)/t9-/m0/s1. The number of rotatable bonds is 4. The van der Waals surface area contributed by atoms with Gasteiger partial charge in [-0.1, -0.05) is 12.1 Å². The van der Waals surface area contributed by atoms with Gasteiger partial charge in [-0.15, -0.1) is 0 Å². The zero-order chi connectivity index (χ0) is 16.4. The van der Waals surface area contributed by atoms with Crippen LogP contribution in [0.1, 0.15) is 38.4 Å². The van der Waals surface area contributed by atoms with Crippen molar-refractivity contribution in [2.75, 3.05) is 5.32 Å². The van der Waals surface area contributed by atoms with Gasteiger partial charge in [-0.05, 0) is 38.5 Å². The van der Waals surface area contributed by atoms with Crippen LogP contribution in [0.3, 0.4) is 0 Å². The molecule has 0 aliphatic heterocycles. The van der Waals surface area contributed by atoms with Crippen molar-refractivity contribution in [3.8, 4) is 0 Å². The minimum atomic E-state index is -1.07. The van der Waals surface area contributed by atoms with Crippen molar-refractivity contribution in [3.63, 3.8) is 0 Å². The predicted octanol–water partition coefficient (Wildman–Crippen LogP) is 2.57. The molecule has 0 saturated carbocycles.